The first kappa shape index (κ1) is 12.7. The van der Waals surface area contributed by atoms with E-state index >= 15 is 0 Å². The van der Waals surface area contributed by atoms with Crippen molar-refractivity contribution in [2.24, 2.45) is 5.92 Å². The van der Waals surface area contributed by atoms with Crippen LogP contribution in [0.3, 0.4) is 0 Å². The second-order valence-electron chi connectivity index (χ2n) is 4.72. The lowest BCUT2D eigenvalue weighted by atomic mass is 10.1. The maximum absolute atomic E-state index is 10.7. The normalized spacial score (nSPS) is 14.3. The van der Waals surface area contributed by atoms with Crippen LogP contribution in [0.2, 0.25) is 0 Å². The maximum Gasteiger partial charge on any atom is 0.302 e. The molecular formula is C14H19NO3. The SMILES string of the molecule is CC(=O)OCCc1ccc(N)c(OCC2CC2)c1. The molecule has 0 atom stereocenters. The van der Waals surface area contributed by atoms with Gasteiger partial charge in [-0.25, -0.2) is 0 Å². The zero-order valence-corrected chi connectivity index (χ0v) is 10.6. The van der Waals surface area contributed by atoms with Gasteiger partial charge in [-0.1, -0.05) is 6.07 Å². The van der Waals surface area contributed by atoms with Crippen molar-refractivity contribution in [3.8, 4) is 5.75 Å². The number of ether oxygens (including phenoxy) is 2. The minimum atomic E-state index is -0.254. The van der Waals surface area contributed by atoms with Crippen molar-refractivity contribution in [1.82, 2.24) is 0 Å². The Kier molecular flexibility index (Phi) is 4.07. The van der Waals surface area contributed by atoms with Gasteiger partial charge in [0.1, 0.15) is 5.75 Å². The molecule has 0 spiro atoms. The Morgan fingerprint density at radius 3 is 2.89 bits per heavy atom. The van der Waals surface area contributed by atoms with E-state index in [0.717, 1.165) is 17.9 Å². The molecule has 2 N–H and O–H groups in total. The summed E-state index contributed by atoms with van der Waals surface area (Å²) in [6.45, 7) is 2.55. The van der Waals surface area contributed by atoms with E-state index in [2.05, 4.69) is 0 Å². The third kappa shape index (κ3) is 3.95. The van der Waals surface area contributed by atoms with Gasteiger partial charge in [-0.15, -0.1) is 0 Å². The van der Waals surface area contributed by atoms with Crippen LogP contribution in [-0.4, -0.2) is 19.2 Å². The lowest BCUT2D eigenvalue weighted by Gasteiger charge is -2.10. The molecule has 0 bridgehead atoms. The number of nitrogen functional groups attached to an aromatic ring is 1. The first-order valence-electron chi connectivity index (χ1n) is 6.29. The first-order valence-corrected chi connectivity index (χ1v) is 6.29. The minimum Gasteiger partial charge on any atom is -0.491 e. The van der Waals surface area contributed by atoms with Crippen LogP contribution in [0.25, 0.3) is 0 Å². The van der Waals surface area contributed by atoms with Crippen molar-refractivity contribution in [3.63, 3.8) is 0 Å². The average Bonchev–Trinajstić information content (AvgIpc) is 3.13. The number of nitrogens with two attached hydrogens (primary N) is 1. The number of anilines is 1. The molecule has 0 saturated heterocycles. The van der Waals surface area contributed by atoms with E-state index in [1.165, 1.54) is 19.8 Å². The van der Waals surface area contributed by atoms with Crippen LogP contribution in [-0.2, 0) is 16.0 Å². The summed E-state index contributed by atoms with van der Waals surface area (Å²) in [6, 6.07) is 5.70. The van der Waals surface area contributed by atoms with Gasteiger partial charge in [0.05, 0.1) is 18.9 Å². The lowest BCUT2D eigenvalue weighted by molar-refractivity contribution is -0.140. The van der Waals surface area contributed by atoms with Crippen LogP contribution < -0.4 is 10.5 Å². The van der Waals surface area contributed by atoms with Gasteiger partial charge in [0.15, 0.2) is 0 Å². The van der Waals surface area contributed by atoms with E-state index < -0.39 is 0 Å². The van der Waals surface area contributed by atoms with Crippen molar-refractivity contribution in [3.05, 3.63) is 23.8 Å². The minimum absolute atomic E-state index is 0.254. The highest BCUT2D eigenvalue weighted by molar-refractivity contribution is 5.65. The molecule has 4 nitrogen and oxygen atoms in total. The maximum atomic E-state index is 10.7. The molecule has 0 unspecified atom stereocenters. The second-order valence-corrected chi connectivity index (χ2v) is 4.72. The van der Waals surface area contributed by atoms with Gasteiger partial charge in [0.2, 0.25) is 0 Å². The van der Waals surface area contributed by atoms with Gasteiger partial charge in [0, 0.05) is 13.3 Å². The molecule has 0 heterocycles. The molecule has 2 rings (SSSR count). The topological polar surface area (TPSA) is 61.5 Å². The number of hydrogen-bond acceptors (Lipinski definition) is 4. The van der Waals surface area contributed by atoms with Gasteiger partial charge >= 0.3 is 5.97 Å². The number of rotatable bonds is 6. The predicted molar refractivity (Wildman–Crippen MR) is 69.4 cm³/mol. The number of carbonyl (C=O) groups is 1. The quantitative estimate of drug-likeness (QED) is 0.620. The van der Waals surface area contributed by atoms with E-state index in [-0.39, 0.29) is 5.97 Å². The van der Waals surface area contributed by atoms with Crippen LogP contribution in [0.1, 0.15) is 25.3 Å². The van der Waals surface area contributed by atoms with E-state index in [4.69, 9.17) is 15.2 Å². The molecule has 18 heavy (non-hydrogen) atoms. The Bertz CT molecular complexity index is 427. The van der Waals surface area contributed by atoms with Gasteiger partial charge < -0.3 is 15.2 Å². The van der Waals surface area contributed by atoms with E-state index in [0.29, 0.717) is 24.6 Å². The monoisotopic (exact) mass is 249 g/mol. The van der Waals surface area contributed by atoms with Crippen molar-refractivity contribution in [2.75, 3.05) is 18.9 Å². The van der Waals surface area contributed by atoms with Crippen molar-refractivity contribution in [2.45, 2.75) is 26.2 Å². The molecule has 0 radical (unpaired) electrons. The van der Waals surface area contributed by atoms with Crippen molar-refractivity contribution >= 4 is 11.7 Å². The van der Waals surface area contributed by atoms with E-state index in [1.807, 2.05) is 18.2 Å². The van der Waals surface area contributed by atoms with Crippen LogP contribution in [0, 0.1) is 5.92 Å². The summed E-state index contributed by atoms with van der Waals surface area (Å²) in [5, 5.41) is 0. The standard InChI is InChI=1S/C14H19NO3/c1-10(16)17-7-6-11-4-5-13(15)14(8-11)18-9-12-2-3-12/h4-5,8,12H,2-3,6-7,9,15H2,1H3. The third-order valence-electron chi connectivity index (χ3n) is 2.95. The molecule has 1 fully saturated rings. The summed E-state index contributed by atoms with van der Waals surface area (Å²) in [5.74, 6) is 1.19. The molecule has 0 aliphatic heterocycles. The highest BCUT2D eigenvalue weighted by Gasteiger charge is 2.22. The summed E-state index contributed by atoms with van der Waals surface area (Å²) in [5.41, 5.74) is 7.59. The summed E-state index contributed by atoms with van der Waals surface area (Å²) in [4.78, 5) is 10.7. The Labute approximate surface area is 107 Å². The molecule has 1 saturated carbocycles. The molecule has 4 heteroatoms. The molecule has 0 amide bonds. The van der Waals surface area contributed by atoms with Crippen molar-refractivity contribution < 1.29 is 14.3 Å². The van der Waals surface area contributed by atoms with Crippen LogP contribution in [0.4, 0.5) is 5.69 Å². The smallest absolute Gasteiger partial charge is 0.302 e. The van der Waals surface area contributed by atoms with Gasteiger partial charge in [-0.3, -0.25) is 4.79 Å². The zero-order chi connectivity index (χ0) is 13.0. The fourth-order valence-electron chi connectivity index (χ4n) is 1.66. The number of esters is 1. The number of hydrogen-bond donors (Lipinski definition) is 1. The van der Waals surface area contributed by atoms with Gasteiger partial charge in [-0.05, 0) is 36.5 Å². The lowest BCUT2D eigenvalue weighted by Crippen LogP contribution is -2.05. The Hall–Kier alpha value is -1.71. The molecule has 1 aliphatic rings. The predicted octanol–water partition coefficient (Wildman–Crippen LogP) is 2.16. The second kappa shape index (κ2) is 5.76. The Morgan fingerprint density at radius 2 is 2.22 bits per heavy atom. The summed E-state index contributed by atoms with van der Waals surface area (Å²) in [7, 11) is 0. The fraction of sp³-hybridized carbons (Fsp3) is 0.500. The van der Waals surface area contributed by atoms with Crippen LogP contribution >= 0.6 is 0 Å². The summed E-state index contributed by atoms with van der Waals surface area (Å²) in [6.07, 6.45) is 3.19. The largest absolute Gasteiger partial charge is 0.491 e. The first-order chi connectivity index (χ1) is 8.65. The third-order valence-corrected chi connectivity index (χ3v) is 2.95. The molecule has 1 aromatic carbocycles. The highest BCUT2D eigenvalue weighted by Crippen LogP contribution is 2.31. The van der Waals surface area contributed by atoms with Gasteiger partial charge in [-0.2, -0.15) is 0 Å². The molecule has 1 aromatic rings. The zero-order valence-electron chi connectivity index (χ0n) is 10.6. The Balaban J connectivity index is 1.89. The molecule has 1 aliphatic carbocycles. The average molecular weight is 249 g/mol. The van der Waals surface area contributed by atoms with Crippen molar-refractivity contribution in [1.29, 1.82) is 0 Å². The fourth-order valence-corrected chi connectivity index (χ4v) is 1.66. The summed E-state index contributed by atoms with van der Waals surface area (Å²) < 4.78 is 10.6. The Morgan fingerprint density at radius 1 is 1.44 bits per heavy atom. The molecular weight excluding hydrogens is 230 g/mol. The van der Waals surface area contributed by atoms with E-state index in [9.17, 15) is 4.79 Å². The molecule has 98 valence electrons. The highest BCUT2D eigenvalue weighted by atomic mass is 16.5. The summed E-state index contributed by atoms with van der Waals surface area (Å²) >= 11 is 0. The van der Waals surface area contributed by atoms with Crippen LogP contribution in [0.15, 0.2) is 18.2 Å². The van der Waals surface area contributed by atoms with Gasteiger partial charge in [0.25, 0.3) is 0 Å². The molecule has 0 aromatic heterocycles. The number of carbonyl (C=O) groups excluding carboxylic acids is 1. The number of benzene rings is 1. The van der Waals surface area contributed by atoms with Crippen LogP contribution in [0.5, 0.6) is 5.75 Å². The van der Waals surface area contributed by atoms with E-state index in [1.54, 1.807) is 0 Å².